The molecule has 0 aliphatic heterocycles. The van der Waals surface area contributed by atoms with Gasteiger partial charge in [-0.3, -0.25) is 5.32 Å². The summed E-state index contributed by atoms with van der Waals surface area (Å²) in [6.07, 6.45) is -1.79. The molecule has 0 spiro atoms. The Hall–Kier alpha value is -1.47. The predicted octanol–water partition coefficient (Wildman–Crippen LogP) is 4.57. The molecule has 1 amide bonds. The smallest absolute Gasteiger partial charge is 0.408 e. The minimum Gasteiger partial charge on any atom is -0.450 e. The van der Waals surface area contributed by atoms with E-state index in [-0.39, 0.29) is 11.7 Å². The van der Waals surface area contributed by atoms with Gasteiger partial charge in [-0.05, 0) is 42.0 Å². The number of carbonyl (C=O) groups excluding carboxylic acids is 1. The second-order valence-electron chi connectivity index (χ2n) is 5.00. The van der Waals surface area contributed by atoms with E-state index in [1.165, 1.54) is 0 Å². The van der Waals surface area contributed by atoms with E-state index in [9.17, 15) is 4.79 Å². The summed E-state index contributed by atoms with van der Waals surface area (Å²) < 4.78 is 2.95. The van der Waals surface area contributed by atoms with Crippen LogP contribution in [0.2, 0.25) is 0 Å². The van der Waals surface area contributed by atoms with E-state index in [2.05, 4.69) is 16.0 Å². The van der Waals surface area contributed by atoms with Crippen LogP contribution < -0.4 is 16.0 Å². The van der Waals surface area contributed by atoms with Crippen molar-refractivity contribution in [1.82, 2.24) is 10.6 Å². The highest BCUT2D eigenvalue weighted by Crippen LogP contribution is 2.29. The summed E-state index contributed by atoms with van der Waals surface area (Å²) in [7, 11) is 0. The number of amides is 1. The molecule has 134 valence electrons. The zero-order valence-corrected chi connectivity index (χ0v) is 16.3. The van der Waals surface area contributed by atoms with Gasteiger partial charge in [0.2, 0.25) is 3.79 Å². The molecule has 0 radical (unpaired) electrons. The first-order valence-electron chi connectivity index (χ1n) is 7.36. The molecule has 0 aliphatic carbocycles. The molecule has 2 rings (SSSR count). The number of carbonyl (C=O) groups is 1. The number of halogens is 3. The van der Waals surface area contributed by atoms with E-state index in [1.54, 1.807) is 6.92 Å². The number of thiocarbonyl (C=S) groups is 1. The van der Waals surface area contributed by atoms with Gasteiger partial charge in [0.1, 0.15) is 0 Å². The molecule has 0 aromatic heterocycles. The van der Waals surface area contributed by atoms with Crippen molar-refractivity contribution >= 4 is 74.7 Å². The maximum absolute atomic E-state index is 11.6. The summed E-state index contributed by atoms with van der Waals surface area (Å²) >= 11 is 22.9. The lowest BCUT2D eigenvalue weighted by Crippen LogP contribution is -2.56. The second-order valence-corrected chi connectivity index (χ2v) is 7.78. The van der Waals surface area contributed by atoms with Gasteiger partial charge in [-0.25, -0.2) is 4.79 Å². The first kappa shape index (κ1) is 19.8. The van der Waals surface area contributed by atoms with Crippen LogP contribution in [0.4, 0.5) is 10.5 Å². The Bertz CT molecular complexity index is 768. The van der Waals surface area contributed by atoms with Gasteiger partial charge in [-0.2, -0.15) is 0 Å². The van der Waals surface area contributed by atoms with Crippen LogP contribution in [0.1, 0.15) is 6.92 Å². The first-order chi connectivity index (χ1) is 11.8. The van der Waals surface area contributed by atoms with Crippen LogP contribution in [0, 0.1) is 0 Å². The van der Waals surface area contributed by atoms with E-state index in [0.717, 1.165) is 16.5 Å². The fourth-order valence-electron chi connectivity index (χ4n) is 2.06. The third-order valence-electron chi connectivity index (χ3n) is 3.15. The summed E-state index contributed by atoms with van der Waals surface area (Å²) in [6.45, 7) is 1.86. The Morgan fingerprint density at radius 2 is 1.84 bits per heavy atom. The standard InChI is InChI=1S/C16H16Cl3N3O2S/c1-2-24-15(23)22-13(16(17,18)19)21-14(25)20-12-8-7-10-5-3-4-6-11(10)9-12/h3-9,13H,2H2,1H3,(H,22,23)(H2,20,21,25)/t13-/m0/s1. The predicted molar refractivity (Wildman–Crippen MR) is 108 cm³/mol. The van der Waals surface area contributed by atoms with Gasteiger partial charge >= 0.3 is 6.09 Å². The molecular weight excluding hydrogens is 405 g/mol. The van der Waals surface area contributed by atoms with Crippen LogP contribution in [0.5, 0.6) is 0 Å². The lowest BCUT2D eigenvalue weighted by Gasteiger charge is -2.27. The van der Waals surface area contributed by atoms with Gasteiger partial charge in [0.15, 0.2) is 11.3 Å². The molecule has 0 heterocycles. The normalized spacial score (nSPS) is 12.3. The van der Waals surface area contributed by atoms with Crippen molar-refractivity contribution < 1.29 is 9.53 Å². The molecule has 0 fully saturated rings. The minimum atomic E-state index is -1.83. The summed E-state index contributed by atoms with van der Waals surface area (Å²) in [5.74, 6) is 0. The summed E-state index contributed by atoms with van der Waals surface area (Å²) in [5, 5.41) is 10.5. The highest BCUT2D eigenvalue weighted by Gasteiger charge is 2.35. The van der Waals surface area contributed by atoms with Crippen molar-refractivity contribution in [3.05, 3.63) is 42.5 Å². The Kier molecular flexibility index (Phi) is 6.95. The molecule has 2 aromatic rings. The number of ether oxygens (including phenoxy) is 1. The van der Waals surface area contributed by atoms with Gasteiger partial charge in [-0.15, -0.1) is 0 Å². The molecular formula is C16H16Cl3N3O2S. The summed E-state index contributed by atoms with van der Waals surface area (Å²) in [4.78, 5) is 11.6. The molecule has 2 aromatic carbocycles. The number of hydrogen-bond donors (Lipinski definition) is 3. The van der Waals surface area contributed by atoms with E-state index in [4.69, 9.17) is 51.8 Å². The summed E-state index contributed by atoms with van der Waals surface area (Å²) in [6, 6.07) is 13.7. The van der Waals surface area contributed by atoms with Gasteiger partial charge in [0.05, 0.1) is 6.61 Å². The van der Waals surface area contributed by atoms with Crippen molar-refractivity contribution in [2.75, 3.05) is 11.9 Å². The Morgan fingerprint density at radius 1 is 1.16 bits per heavy atom. The molecule has 0 bridgehead atoms. The fraction of sp³-hybridized carbons (Fsp3) is 0.250. The van der Waals surface area contributed by atoms with Crippen molar-refractivity contribution in [2.24, 2.45) is 0 Å². The lowest BCUT2D eigenvalue weighted by molar-refractivity contribution is 0.147. The van der Waals surface area contributed by atoms with E-state index in [0.29, 0.717) is 0 Å². The van der Waals surface area contributed by atoms with Gasteiger partial charge in [0, 0.05) is 5.69 Å². The molecule has 0 unspecified atom stereocenters. The number of fused-ring (bicyclic) bond motifs is 1. The van der Waals surface area contributed by atoms with Crippen molar-refractivity contribution in [1.29, 1.82) is 0 Å². The van der Waals surface area contributed by atoms with Gasteiger partial charge in [-0.1, -0.05) is 65.1 Å². The Labute approximate surface area is 165 Å². The van der Waals surface area contributed by atoms with Gasteiger partial charge in [0.25, 0.3) is 0 Å². The highest BCUT2D eigenvalue weighted by atomic mass is 35.6. The molecule has 0 aliphatic rings. The molecule has 9 heteroatoms. The number of benzene rings is 2. The number of hydrogen-bond acceptors (Lipinski definition) is 3. The zero-order valence-electron chi connectivity index (χ0n) is 13.2. The average Bonchev–Trinajstić information content (AvgIpc) is 2.53. The van der Waals surface area contributed by atoms with E-state index in [1.807, 2.05) is 42.5 Å². The van der Waals surface area contributed by atoms with Crippen molar-refractivity contribution in [3.8, 4) is 0 Å². The first-order valence-corrected chi connectivity index (χ1v) is 8.90. The molecule has 0 saturated carbocycles. The maximum Gasteiger partial charge on any atom is 0.408 e. The number of alkyl halides is 3. The van der Waals surface area contributed by atoms with Gasteiger partial charge < -0.3 is 15.4 Å². The molecule has 0 saturated heterocycles. The third-order valence-corrected chi connectivity index (χ3v) is 4.02. The fourth-order valence-corrected chi connectivity index (χ4v) is 2.62. The largest absolute Gasteiger partial charge is 0.450 e. The Morgan fingerprint density at radius 3 is 2.48 bits per heavy atom. The third kappa shape index (κ3) is 6.08. The van der Waals surface area contributed by atoms with E-state index >= 15 is 0 Å². The SMILES string of the molecule is CCOC(=O)N[C@H](NC(=S)Nc1ccc2ccccc2c1)C(Cl)(Cl)Cl. The highest BCUT2D eigenvalue weighted by molar-refractivity contribution is 7.80. The lowest BCUT2D eigenvalue weighted by atomic mass is 10.1. The van der Waals surface area contributed by atoms with Crippen LogP contribution in [0.3, 0.4) is 0 Å². The van der Waals surface area contributed by atoms with Crippen LogP contribution in [-0.2, 0) is 4.74 Å². The van der Waals surface area contributed by atoms with Crippen LogP contribution in [0.25, 0.3) is 10.8 Å². The number of nitrogens with one attached hydrogen (secondary N) is 3. The monoisotopic (exact) mass is 419 g/mol. The molecule has 25 heavy (non-hydrogen) atoms. The minimum absolute atomic E-state index is 0.184. The van der Waals surface area contributed by atoms with Crippen molar-refractivity contribution in [3.63, 3.8) is 0 Å². The number of anilines is 1. The molecule has 3 N–H and O–H groups in total. The summed E-state index contributed by atoms with van der Waals surface area (Å²) in [5.41, 5.74) is 0.760. The number of alkyl carbamates (subject to hydrolysis) is 1. The maximum atomic E-state index is 11.6. The zero-order chi connectivity index (χ0) is 18.4. The molecule has 1 atom stereocenters. The van der Waals surface area contributed by atoms with Crippen molar-refractivity contribution in [2.45, 2.75) is 16.9 Å². The molecule has 5 nitrogen and oxygen atoms in total. The van der Waals surface area contributed by atoms with Crippen LogP contribution in [-0.4, -0.2) is 27.8 Å². The quantitative estimate of drug-likeness (QED) is 0.384. The Balaban J connectivity index is 2.05. The van der Waals surface area contributed by atoms with E-state index < -0.39 is 16.1 Å². The van der Waals surface area contributed by atoms with Crippen LogP contribution in [0.15, 0.2) is 42.5 Å². The topological polar surface area (TPSA) is 62.4 Å². The number of rotatable bonds is 4. The second kappa shape index (κ2) is 8.76. The average molecular weight is 421 g/mol. The van der Waals surface area contributed by atoms with Crippen LogP contribution >= 0.6 is 47.0 Å².